The smallest absolute Gasteiger partial charge is 0.163 e. The monoisotopic (exact) mass is 300 g/mol. The Labute approximate surface area is 129 Å². The van der Waals surface area contributed by atoms with Crippen LogP contribution in [0.5, 0.6) is 5.75 Å². The van der Waals surface area contributed by atoms with Crippen LogP contribution in [0.2, 0.25) is 0 Å². The molecule has 1 saturated heterocycles. The Morgan fingerprint density at radius 1 is 1.32 bits per heavy atom. The van der Waals surface area contributed by atoms with E-state index in [1.54, 1.807) is 6.33 Å². The fourth-order valence-electron chi connectivity index (χ4n) is 3.18. The number of aryl methyl sites for hydroxylation is 1. The van der Waals surface area contributed by atoms with Gasteiger partial charge in [-0.1, -0.05) is 12.1 Å². The lowest BCUT2D eigenvalue weighted by Crippen LogP contribution is -2.38. The highest BCUT2D eigenvalue weighted by molar-refractivity contribution is 5.39. The van der Waals surface area contributed by atoms with E-state index in [0.717, 1.165) is 50.8 Å². The Hall–Kier alpha value is -1.92. The lowest BCUT2D eigenvalue weighted by Gasteiger charge is -2.32. The first kappa shape index (κ1) is 13.7. The summed E-state index contributed by atoms with van der Waals surface area (Å²) in [6.45, 7) is 4.27. The molecule has 1 aromatic carbocycles. The summed E-state index contributed by atoms with van der Waals surface area (Å²) in [7, 11) is 1.96. The van der Waals surface area contributed by atoms with Crippen LogP contribution in [0.25, 0.3) is 0 Å². The topological polar surface area (TPSA) is 52.4 Å². The van der Waals surface area contributed by atoms with Gasteiger partial charge in [-0.05, 0) is 17.2 Å². The SMILES string of the molecule is Cn1cnnc1C1CN(Cc2ccc3c(c2)CCO3)CCO1. The number of hydrogen-bond donors (Lipinski definition) is 0. The molecule has 0 N–H and O–H groups in total. The highest BCUT2D eigenvalue weighted by Gasteiger charge is 2.25. The standard InChI is InChI=1S/C16H20N4O2/c1-19-11-17-18-16(19)15-10-20(5-7-22-15)9-12-2-3-14-13(8-12)4-6-21-14/h2-3,8,11,15H,4-7,9-10H2,1H3. The number of morpholine rings is 1. The van der Waals surface area contributed by atoms with E-state index in [0.29, 0.717) is 0 Å². The summed E-state index contributed by atoms with van der Waals surface area (Å²) in [4.78, 5) is 2.42. The molecule has 2 aliphatic heterocycles. The molecular weight excluding hydrogens is 280 g/mol. The molecule has 2 aromatic rings. The van der Waals surface area contributed by atoms with Crippen molar-refractivity contribution in [1.29, 1.82) is 0 Å². The quantitative estimate of drug-likeness (QED) is 0.856. The van der Waals surface area contributed by atoms with Crippen LogP contribution < -0.4 is 4.74 Å². The lowest BCUT2D eigenvalue weighted by atomic mass is 10.1. The molecule has 1 unspecified atom stereocenters. The lowest BCUT2D eigenvalue weighted by molar-refractivity contribution is -0.0385. The van der Waals surface area contributed by atoms with Crippen molar-refractivity contribution in [1.82, 2.24) is 19.7 Å². The fraction of sp³-hybridized carbons (Fsp3) is 0.500. The van der Waals surface area contributed by atoms with E-state index in [-0.39, 0.29) is 6.10 Å². The molecule has 0 radical (unpaired) electrons. The molecule has 116 valence electrons. The van der Waals surface area contributed by atoms with Crippen LogP contribution >= 0.6 is 0 Å². The molecule has 1 fully saturated rings. The molecular formula is C16H20N4O2. The molecule has 0 amide bonds. The number of aromatic nitrogens is 3. The average molecular weight is 300 g/mol. The normalized spacial score (nSPS) is 21.6. The Balaban J connectivity index is 1.45. The molecule has 22 heavy (non-hydrogen) atoms. The van der Waals surface area contributed by atoms with Gasteiger partial charge in [-0.15, -0.1) is 10.2 Å². The van der Waals surface area contributed by atoms with Gasteiger partial charge in [0.25, 0.3) is 0 Å². The van der Waals surface area contributed by atoms with Gasteiger partial charge in [0, 0.05) is 33.1 Å². The van der Waals surface area contributed by atoms with Gasteiger partial charge in [0.1, 0.15) is 18.2 Å². The second kappa shape index (κ2) is 5.70. The highest BCUT2D eigenvalue weighted by Crippen LogP contribution is 2.27. The van der Waals surface area contributed by atoms with Crippen molar-refractivity contribution in [2.24, 2.45) is 7.05 Å². The second-order valence-corrected chi connectivity index (χ2v) is 5.94. The molecule has 0 spiro atoms. The highest BCUT2D eigenvalue weighted by atomic mass is 16.5. The van der Waals surface area contributed by atoms with Crippen molar-refractivity contribution in [3.8, 4) is 5.75 Å². The number of nitrogens with zero attached hydrogens (tertiary/aromatic N) is 4. The van der Waals surface area contributed by atoms with Crippen LogP contribution in [0.4, 0.5) is 0 Å². The van der Waals surface area contributed by atoms with E-state index in [2.05, 4.69) is 33.3 Å². The Morgan fingerprint density at radius 3 is 3.14 bits per heavy atom. The largest absolute Gasteiger partial charge is 0.493 e. The molecule has 0 saturated carbocycles. The summed E-state index contributed by atoms with van der Waals surface area (Å²) in [6.07, 6.45) is 2.74. The van der Waals surface area contributed by atoms with Crippen molar-refractivity contribution in [2.45, 2.75) is 19.1 Å². The van der Waals surface area contributed by atoms with E-state index < -0.39 is 0 Å². The third-order valence-corrected chi connectivity index (χ3v) is 4.35. The summed E-state index contributed by atoms with van der Waals surface area (Å²) < 4.78 is 13.4. The van der Waals surface area contributed by atoms with Gasteiger partial charge < -0.3 is 14.0 Å². The van der Waals surface area contributed by atoms with Crippen LogP contribution in [0.3, 0.4) is 0 Å². The van der Waals surface area contributed by atoms with Crippen molar-refractivity contribution < 1.29 is 9.47 Å². The van der Waals surface area contributed by atoms with Gasteiger partial charge in [-0.3, -0.25) is 4.90 Å². The minimum absolute atomic E-state index is 0.000916. The number of benzene rings is 1. The first-order valence-electron chi connectivity index (χ1n) is 7.72. The fourth-order valence-corrected chi connectivity index (χ4v) is 3.18. The molecule has 1 aromatic heterocycles. The summed E-state index contributed by atoms with van der Waals surface area (Å²) in [5.41, 5.74) is 2.67. The van der Waals surface area contributed by atoms with Gasteiger partial charge in [-0.25, -0.2) is 0 Å². The minimum atomic E-state index is -0.000916. The molecule has 1 atom stereocenters. The van der Waals surface area contributed by atoms with Crippen molar-refractivity contribution >= 4 is 0 Å². The third-order valence-electron chi connectivity index (χ3n) is 4.35. The summed E-state index contributed by atoms with van der Waals surface area (Å²) in [5.74, 6) is 1.94. The summed E-state index contributed by atoms with van der Waals surface area (Å²) >= 11 is 0. The first-order chi connectivity index (χ1) is 10.8. The Kier molecular flexibility index (Phi) is 3.56. The van der Waals surface area contributed by atoms with E-state index in [1.807, 2.05) is 11.6 Å². The zero-order chi connectivity index (χ0) is 14.9. The molecule has 6 heteroatoms. The summed E-state index contributed by atoms with van der Waals surface area (Å²) in [6, 6.07) is 6.53. The van der Waals surface area contributed by atoms with Crippen molar-refractivity contribution in [3.05, 3.63) is 41.5 Å². The van der Waals surface area contributed by atoms with Gasteiger partial charge in [0.15, 0.2) is 5.82 Å². The zero-order valence-electron chi connectivity index (χ0n) is 12.7. The van der Waals surface area contributed by atoms with Gasteiger partial charge in [0.2, 0.25) is 0 Å². The van der Waals surface area contributed by atoms with Gasteiger partial charge in [-0.2, -0.15) is 0 Å². The zero-order valence-corrected chi connectivity index (χ0v) is 12.7. The van der Waals surface area contributed by atoms with E-state index >= 15 is 0 Å². The Bertz CT molecular complexity index is 670. The number of ether oxygens (including phenoxy) is 2. The second-order valence-electron chi connectivity index (χ2n) is 5.94. The van der Waals surface area contributed by atoms with Crippen LogP contribution in [0.1, 0.15) is 23.1 Å². The predicted molar refractivity (Wildman–Crippen MR) is 80.6 cm³/mol. The van der Waals surface area contributed by atoms with E-state index in [9.17, 15) is 0 Å². The number of rotatable bonds is 3. The first-order valence-corrected chi connectivity index (χ1v) is 7.72. The minimum Gasteiger partial charge on any atom is -0.493 e. The van der Waals surface area contributed by atoms with Crippen LogP contribution in [0, 0.1) is 0 Å². The third kappa shape index (κ3) is 2.60. The maximum atomic E-state index is 5.86. The maximum absolute atomic E-state index is 5.86. The van der Waals surface area contributed by atoms with Gasteiger partial charge >= 0.3 is 0 Å². The van der Waals surface area contributed by atoms with Crippen LogP contribution in [0.15, 0.2) is 24.5 Å². The maximum Gasteiger partial charge on any atom is 0.163 e. The van der Waals surface area contributed by atoms with E-state index in [1.165, 1.54) is 11.1 Å². The summed E-state index contributed by atoms with van der Waals surface area (Å²) in [5, 5.41) is 8.12. The van der Waals surface area contributed by atoms with Crippen molar-refractivity contribution in [2.75, 3.05) is 26.3 Å². The average Bonchev–Trinajstić information content (AvgIpc) is 3.15. The molecule has 3 heterocycles. The van der Waals surface area contributed by atoms with Crippen LogP contribution in [-0.2, 0) is 24.8 Å². The van der Waals surface area contributed by atoms with E-state index in [4.69, 9.17) is 9.47 Å². The predicted octanol–water partition coefficient (Wildman–Crippen LogP) is 1.32. The van der Waals surface area contributed by atoms with Crippen molar-refractivity contribution in [3.63, 3.8) is 0 Å². The molecule has 0 aliphatic carbocycles. The molecule has 0 bridgehead atoms. The number of fused-ring (bicyclic) bond motifs is 1. The van der Waals surface area contributed by atoms with Gasteiger partial charge in [0.05, 0.1) is 13.2 Å². The van der Waals surface area contributed by atoms with Crippen LogP contribution in [-0.4, -0.2) is 46.0 Å². The Morgan fingerprint density at radius 2 is 2.27 bits per heavy atom. The molecule has 6 nitrogen and oxygen atoms in total. The number of hydrogen-bond acceptors (Lipinski definition) is 5. The molecule has 2 aliphatic rings. The molecule has 4 rings (SSSR count).